The van der Waals surface area contributed by atoms with Crippen molar-refractivity contribution in [2.75, 3.05) is 24.7 Å². The molecule has 19 heavy (non-hydrogen) atoms. The van der Waals surface area contributed by atoms with Crippen LogP contribution in [0.5, 0.6) is 0 Å². The van der Waals surface area contributed by atoms with Crippen molar-refractivity contribution in [3.05, 3.63) is 0 Å². The highest BCUT2D eigenvalue weighted by molar-refractivity contribution is 7.99. The van der Waals surface area contributed by atoms with Gasteiger partial charge in [0, 0.05) is 25.0 Å². The lowest BCUT2D eigenvalue weighted by atomic mass is 9.76. The van der Waals surface area contributed by atoms with E-state index in [1.165, 1.54) is 11.5 Å². The minimum absolute atomic E-state index is 0.0204. The molecule has 3 rings (SSSR count). The first-order valence-electron chi connectivity index (χ1n) is 7.57. The molecule has 0 saturated carbocycles. The van der Waals surface area contributed by atoms with Crippen LogP contribution < -0.4 is 0 Å². The van der Waals surface area contributed by atoms with Crippen LogP contribution in [0.1, 0.15) is 39.0 Å². The molecule has 3 fully saturated rings. The van der Waals surface area contributed by atoms with E-state index >= 15 is 0 Å². The first kappa shape index (κ1) is 13.9. The minimum Gasteiger partial charge on any atom is -0.378 e. The Balaban J connectivity index is 1.65. The highest BCUT2D eigenvalue weighted by Crippen LogP contribution is 2.41. The SMILES string of the molecule is CC1OCCC1C(=O)C1CCOC2(CCSCC2)C1. The van der Waals surface area contributed by atoms with Gasteiger partial charge in [-0.25, -0.2) is 0 Å². The maximum Gasteiger partial charge on any atom is 0.141 e. The van der Waals surface area contributed by atoms with Crippen molar-refractivity contribution in [1.29, 1.82) is 0 Å². The monoisotopic (exact) mass is 284 g/mol. The number of hydrogen-bond donors (Lipinski definition) is 0. The van der Waals surface area contributed by atoms with E-state index in [0.29, 0.717) is 5.78 Å². The summed E-state index contributed by atoms with van der Waals surface area (Å²) in [5, 5.41) is 0. The number of ether oxygens (including phenoxy) is 2. The van der Waals surface area contributed by atoms with E-state index in [0.717, 1.165) is 45.3 Å². The molecule has 0 bridgehead atoms. The number of hydrogen-bond acceptors (Lipinski definition) is 4. The summed E-state index contributed by atoms with van der Waals surface area (Å²) in [4.78, 5) is 12.7. The lowest BCUT2D eigenvalue weighted by Crippen LogP contribution is -2.46. The van der Waals surface area contributed by atoms with Crippen LogP contribution in [0.3, 0.4) is 0 Å². The molecule has 3 saturated heterocycles. The molecule has 3 aliphatic heterocycles. The van der Waals surface area contributed by atoms with E-state index in [1.54, 1.807) is 0 Å². The molecule has 0 aromatic carbocycles. The molecule has 108 valence electrons. The summed E-state index contributed by atoms with van der Waals surface area (Å²) < 4.78 is 11.6. The highest BCUT2D eigenvalue weighted by atomic mass is 32.2. The topological polar surface area (TPSA) is 35.5 Å². The van der Waals surface area contributed by atoms with Gasteiger partial charge in [-0.2, -0.15) is 11.8 Å². The molecular formula is C15H24O3S. The molecule has 1 spiro atoms. The fraction of sp³-hybridized carbons (Fsp3) is 0.933. The molecule has 0 aromatic heterocycles. The molecule has 0 radical (unpaired) electrons. The molecule has 0 aliphatic carbocycles. The third-order valence-electron chi connectivity index (χ3n) is 5.04. The lowest BCUT2D eigenvalue weighted by molar-refractivity contribution is -0.143. The largest absolute Gasteiger partial charge is 0.378 e. The Morgan fingerprint density at radius 3 is 2.68 bits per heavy atom. The molecule has 3 heterocycles. The van der Waals surface area contributed by atoms with Crippen LogP contribution in [-0.2, 0) is 14.3 Å². The molecule has 3 atom stereocenters. The van der Waals surface area contributed by atoms with Gasteiger partial charge in [-0.3, -0.25) is 4.79 Å². The highest BCUT2D eigenvalue weighted by Gasteiger charge is 2.43. The molecule has 3 unspecified atom stereocenters. The lowest BCUT2D eigenvalue weighted by Gasteiger charge is -2.43. The van der Waals surface area contributed by atoms with Gasteiger partial charge in [0.25, 0.3) is 0 Å². The number of carbonyl (C=O) groups excluding carboxylic acids is 1. The summed E-state index contributed by atoms with van der Waals surface area (Å²) in [6, 6.07) is 0. The zero-order valence-electron chi connectivity index (χ0n) is 11.7. The molecule has 0 aromatic rings. The summed E-state index contributed by atoms with van der Waals surface area (Å²) >= 11 is 2.01. The van der Waals surface area contributed by atoms with Gasteiger partial charge >= 0.3 is 0 Å². The second-order valence-corrected chi connectivity index (χ2v) is 7.43. The quantitative estimate of drug-likeness (QED) is 0.781. The number of thioether (sulfide) groups is 1. The number of Topliss-reactive ketones (excluding diaryl/α,β-unsaturated/α-hetero) is 1. The Labute approximate surface area is 119 Å². The van der Waals surface area contributed by atoms with Gasteiger partial charge in [0.1, 0.15) is 5.78 Å². The Morgan fingerprint density at radius 2 is 2.00 bits per heavy atom. The van der Waals surface area contributed by atoms with Crippen molar-refractivity contribution in [1.82, 2.24) is 0 Å². The Bertz CT molecular complexity index is 333. The summed E-state index contributed by atoms with van der Waals surface area (Å²) in [5.74, 6) is 3.17. The van der Waals surface area contributed by atoms with Gasteiger partial charge in [-0.15, -0.1) is 0 Å². The fourth-order valence-electron chi connectivity index (χ4n) is 3.77. The fourth-order valence-corrected chi connectivity index (χ4v) is 5.01. The molecule has 3 nitrogen and oxygen atoms in total. The molecule has 3 aliphatic rings. The zero-order valence-corrected chi connectivity index (χ0v) is 12.5. The van der Waals surface area contributed by atoms with Crippen molar-refractivity contribution < 1.29 is 14.3 Å². The third-order valence-corrected chi connectivity index (χ3v) is 6.03. The van der Waals surface area contributed by atoms with Crippen molar-refractivity contribution in [2.24, 2.45) is 11.8 Å². The third kappa shape index (κ3) is 2.86. The maximum absolute atomic E-state index is 12.7. The number of carbonyl (C=O) groups is 1. The van der Waals surface area contributed by atoms with E-state index in [9.17, 15) is 4.79 Å². The van der Waals surface area contributed by atoms with Crippen molar-refractivity contribution >= 4 is 17.5 Å². The van der Waals surface area contributed by atoms with Crippen LogP contribution in [-0.4, -0.2) is 42.2 Å². The number of ketones is 1. The maximum atomic E-state index is 12.7. The second kappa shape index (κ2) is 5.74. The Kier molecular flexibility index (Phi) is 4.20. The van der Waals surface area contributed by atoms with E-state index in [1.807, 2.05) is 18.7 Å². The minimum atomic E-state index is 0.0204. The van der Waals surface area contributed by atoms with E-state index < -0.39 is 0 Å². The predicted molar refractivity (Wildman–Crippen MR) is 76.5 cm³/mol. The normalized spacial score (nSPS) is 38.5. The Morgan fingerprint density at radius 1 is 1.21 bits per heavy atom. The standard InChI is InChI=1S/C15H24O3S/c1-11-13(3-6-17-11)14(16)12-2-7-18-15(10-12)4-8-19-9-5-15/h11-13H,2-10H2,1H3. The van der Waals surface area contributed by atoms with E-state index in [4.69, 9.17) is 9.47 Å². The van der Waals surface area contributed by atoms with Gasteiger partial charge in [-0.1, -0.05) is 0 Å². The first-order chi connectivity index (χ1) is 9.20. The molecule has 4 heteroatoms. The summed E-state index contributed by atoms with van der Waals surface area (Å²) in [6.45, 7) is 3.56. The molecule has 0 amide bonds. The zero-order chi connectivity index (χ0) is 13.3. The summed E-state index contributed by atoms with van der Waals surface area (Å²) in [7, 11) is 0. The van der Waals surface area contributed by atoms with Crippen molar-refractivity contribution in [3.8, 4) is 0 Å². The van der Waals surface area contributed by atoms with Gasteiger partial charge in [0.15, 0.2) is 0 Å². The van der Waals surface area contributed by atoms with Gasteiger partial charge in [-0.05, 0) is 50.5 Å². The smallest absolute Gasteiger partial charge is 0.141 e. The summed E-state index contributed by atoms with van der Waals surface area (Å²) in [6.07, 6.45) is 5.15. The Hall–Kier alpha value is -0.0600. The van der Waals surface area contributed by atoms with Crippen LogP contribution in [0.2, 0.25) is 0 Å². The summed E-state index contributed by atoms with van der Waals surface area (Å²) in [5.41, 5.74) is 0.0204. The molecule has 0 N–H and O–H groups in total. The first-order valence-corrected chi connectivity index (χ1v) is 8.73. The van der Waals surface area contributed by atoms with Gasteiger partial charge in [0.2, 0.25) is 0 Å². The van der Waals surface area contributed by atoms with Crippen LogP contribution in [0, 0.1) is 11.8 Å². The van der Waals surface area contributed by atoms with E-state index in [-0.39, 0.29) is 23.5 Å². The van der Waals surface area contributed by atoms with Crippen molar-refractivity contribution in [3.63, 3.8) is 0 Å². The van der Waals surface area contributed by atoms with Crippen LogP contribution >= 0.6 is 11.8 Å². The number of rotatable bonds is 2. The predicted octanol–water partition coefficient (Wildman–Crippen LogP) is 2.67. The van der Waals surface area contributed by atoms with E-state index in [2.05, 4.69) is 0 Å². The molecular weight excluding hydrogens is 260 g/mol. The average Bonchev–Trinajstić information content (AvgIpc) is 2.85. The second-order valence-electron chi connectivity index (χ2n) is 6.21. The van der Waals surface area contributed by atoms with Crippen molar-refractivity contribution in [2.45, 2.75) is 50.7 Å². The van der Waals surface area contributed by atoms with Crippen LogP contribution in [0.15, 0.2) is 0 Å². The van der Waals surface area contributed by atoms with Crippen LogP contribution in [0.4, 0.5) is 0 Å². The average molecular weight is 284 g/mol. The van der Waals surface area contributed by atoms with Gasteiger partial charge in [0.05, 0.1) is 11.7 Å². The van der Waals surface area contributed by atoms with Crippen LogP contribution in [0.25, 0.3) is 0 Å². The van der Waals surface area contributed by atoms with Gasteiger partial charge < -0.3 is 9.47 Å².